The monoisotopic (exact) mass is 377 g/mol. The molecule has 2 rings (SSSR count). The van der Waals surface area contributed by atoms with Crippen molar-refractivity contribution in [2.24, 2.45) is 5.92 Å². The number of ether oxygens (including phenoxy) is 1. The van der Waals surface area contributed by atoms with Crippen LogP contribution in [0.2, 0.25) is 0 Å². The number of benzene rings is 1. The number of anilines is 1. The molecule has 0 aliphatic rings. The van der Waals surface area contributed by atoms with Gasteiger partial charge >= 0.3 is 6.03 Å². The van der Waals surface area contributed by atoms with Crippen molar-refractivity contribution in [1.82, 2.24) is 20.4 Å². The summed E-state index contributed by atoms with van der Waals surface area (Å²) < 4.78 is 5.13. The number of methoxy groups -OCH3 is 1. The molecule has 0 aliphatic carbocycles. The quantitative estimate of drug-likeness (QED) is 0.806. The molecule has 2 N–H and O–H groups in total. The Morgan fingerprint density at radius 1 is 1.15 bits per heavy atom. The van der Waals surface area contributed by atoms with Gasteiger partial charge in [-0.3, -0.25) is 10.1 Å². The van der Waals surface area contributed by atoms with E-state index in [2.05, 4.69) is 20.8 Å². The molecule has 140 valence electrons. The first-order valence-electron chi connectivity index (χ1n) is 8.08. The van der Waals surface area contributed by atoms with Gasteiger partial charge in [0.05, 0.1) is 7.11 Å². The van der Waals surface area contributed by atoms with Crippen LogP contribution in [0.15, 0.2) is 24.3 Å². The molecule has 0 saturated heterocycles. The molecule has 1 heterocycles. The van der Waals surface area contributed by atoms with Gasteiger partial charge in [-0.15, -0.1) is 10.2 Å². The summed E-state index contributed by atoms with van der Waals surface area (Å²) in [5.41, 5.74) is 0.880. The van der Waals surface area contributed by atoms with Crippen LogP contribution in [0, 0.1) is 5.92 Å². The Labute approximate surface area is 156 Å². The average molecular weight is 377 g/mol. The predicted molar refractivity (Wildman–Crippen MR) is 101 cm³/mol. The van der Waals surface area contributed by atoms with Gasteiger partial charge in [-0.2, -0.15) is 0 Å². The van der Waals surface area contributed by atoms with Crippen LogP contribution in [0.5, 0.6) is 5.75 Å². The average Bonchev–Trinajstić information content (AvgIpc) is 3.07. The van der Waals surface area contributed by atoms with Gasteiger partial charge in [-0.05, 0) is 30.2 Å². The number of urea groups is 1. The summed E-state index contributed by atoms with van der Waals surface area (Å²) in [5.74, 6) is 0.351. The van der Waals surface area contributed by atoms with Crippen molar-refractivity contribution in [2.45, 2.75) is 19.9 Å². The number of nitrogens with zero attached hydrogens (tertiary/aromatic N) is 3. The molecule has 0 aliphatic heterocycles. The van der Waals surface area contributed by atoms with E-state index in [-0.39, 0.29) is 17.9 Å². The number of carbonyl (C=O) groups is 2. The highest BCUT2D eigenvalue weighted by Gasteiger charge is 2.25. The molecule has 0 bridgehead atoms. The third-order valence-corrected chi connectivity index (χ3v) is 4.51. The second-order valence-corrected chi connectivity index (χ2v) is 7.17. The molecule has 0 radical (unpaired) electrons. The molecular formula is C17H23N5O3S. The number of rotatable bonds is 6. The number of nitrogens with one attached hydrogen (secondary N) is 2. The minimum Gasteiger partial charge on any atom is -0.497 e. The maximum atomic E-state index is 12.5. The molecule has 2 aromatic rings. The van der Waals surface area contributed by atoms with E-state index in [1.54, 1.807) is 21.2 Å². The van der Waals surface area contributed by atoms with Gasteiger partial charge in [0.2, 0.25) is 11.0 Å². The summed E-state index contributed by atoms with van der Waals surface area (Å²) >= 11 is 1.26. The molecule has 0 fully saturated rings. The van der Waals surface area contributed by atoms with Crippen molar-refractivity contribution in [1.29, 1.82) is 0 Å². The topological polar surface area (TPSA) is 96.5 Å². The second kappa shape index (κ2) is 8.61. The lowest BCUT2D eigenvalue weighted by Crippen LogP contribution is -2.50. The lowest BCUT2D eigenvalue weighted by molar-refractivity contribution is -0.118. The van der Waals surface area contributed by atoms with E-state index in [4.69, 9.17) is 4.74 Å². The van der Waals surface area contributed by atoms with Gasteiger partial charge in [0, 0.05) is 19.7 Å². The highest BCUT2D eigenvalue weighted by Crippen LogP contribution is 2.27. The maximum Gasteiger partial charge on any atom is 0.317 e. The zero-order valence-electron chi connectivity index (χ0n) is 15.4. The van der Waals surface area contributed by atoms with Gasteiger partial charge in [0.25, 0.3) is 0 Å². The fraction of sp³-hybridized carbons (Fsp3) is 0.412. The largest absolute Gasteiger partial charge is 0.497 e. The third kappa shape index (κ3) is 4.92. The fourth-order valence-corrected chi connectivity index (χ4v) is 2.86. The fourth-order valence-electron chi connectivity index (χ4n) is 2.10. The Kier molecular flexibility index (Phi) is 6.51. The molecule has 0 spiro atoms. The van der Waals surface area contributed by atoms with E-state index in [0.717, 1.165) is 11.3 Å². The minimum atomic E-state index is -0.668. The van der Waals surface area contributed by atoms with Gasteiger partial charge < -0.3 is 15.0 Å². The van der Waals surface area contributed by atoms with Crippen LogP contribution >= 0.6 is 11.3 Å². The first-order chi connectivity index (χ1) is 12.3. The van der Waals surface area contributed by atoms with E-state index < -0.39 is 6.04 Å². The molecular weight excluding hydrogens is 354 g/mol. The first-order valence-corrected chi connectivity index (χ1v) is 8.90. The van der Waals surface area contributed by atoms with Crippen LogP contribution in [0.1, 0.15) is 13.8 Å². The Hall–Kier alpha value is -2.68. The standard InChI is InChI=1S/C17H23N5O3S/c1-10(2)13(18-17(24)22(3)4)14(23)19-16-21-20-15(26-16)11-6-8-12(25-5)9-7-11/h6-10,13H,1-5H3,(H,18,24)(H,19,21,23)/t13-/m0/s1. The van der Waals surface area contributed by atoms with Crippen LogP contribution in [0.25, 0.3) is 10.6 Å². The Bertz CT molecular complexity index is 758. The second-order valence-electron chi connectivity index (χ2n) is 6.20. The van der Waals surface area contributed by atoms with Gasteiger partial charge in [0.15, 0.2) is 0 Å². The molecule has 3 amide bonds. The summed E-state index contributed by atoms with van der Waals surface area (Å²) in [7, 11) is 4.85. The molecule has 0 saturated carbocycles. The van der Waals surface area contributed by atoms with Crippen LogP contribution in [-0.4, -0.2) is 54.3 Å². The zero-order valence-corrected chi connectivity index (χ0v) is 16.3. The number of carbonyl (C=O) groups excluding carboxylic acids is 2. The van der Waals surface area contributed by atoms with Crippen LogP contribution in [0.4, 0.5) is 9.93 Å². The Balaban J connectivity index is 2.08. The highest BCUT2D eigenvalue weighted by atomic mass is 32.1. The molecule has 1 aromatic carbocycles. The normalized spacial score (nSPS) is 11.8. The summed E-state index contributed by atoms with van der Waals surface area (Å²) in [5, 5.41) is 14.6. The summed E-state index contributed by atoms with van der Waals surface area (Å²) in [6.45, 7) is 3.73. The van der Waals surface area contributed by atoms with Crippen LogP contribution < -0.4 is 15.4 Å². The van der Waals surface area contributed by atoms with E-state index in [1.807, 2.05) is 38.1 Å². The van der Waals surface area contributed by atoms with Crippen molar-refractivity contribution >= 4 is 28.4 Å². The van der Waals surface area contributed by atoms with E-state index in [0.29, 0.717) is 10.1 Å². The lowest BCUT2D eigenvalue weighted by atomic mass is 10.0. The lowest BCUT2D eigenvalue weighted by Gasteiger charge is -2.23. The Morgan fingerprint density at radius 2 is 1.81 bits per heavy atom. The van der Waals surface area contributed by atoms with E-state index >= 15 is 0 Å². The van der Waals surface area contributed by atoms with Crippen molar-refractivity contribution in [3.05, 3.63) is 24.3 Å². The number of amides is 3. The molecule has 1 atom stereocenters. The van der Waals surface area contributed by atoms with Crippen LogP contribution in [-0.2, 0) is 4.79 Å². The number of hydrogen-bond acceptors (Lipinski definition) is 6. The summed E-state index contributed by atoms with van der Waals surface area (Å²) in [6.07, 6.45) is 0. The van der Waals surface area contributed by atoms with Crippen molar-refractivity contribution in [3.63, 3.8) is 0 Å². The predicted octanol–water partition coefficient (Wildman–Crippen LogP) is 2.45. The first kappa shape index (κ1) is 19.6. The molecule has 26 heavy (non-hydrogen) atoms. The summed E-state index contributed by atoms with van der Waals surface area (Å²) in [4.78, 5) is 25.8. The third-order valence-electron chi connectivity index (χ3n) is 3.63. The van der Waals surface area contributed by atoms with Gasteiger partial charge in [-0.25, -0.2) is 4.79 Å². The molecule has 8 nitrogen and oxygen atoms in total. The maximum absolute atomic E-state index is 12.5. The number of hydrogen-bond donors (Lipinski definition) is 2. The molecule has 1 aromatic heterocycles. The molecule has 9 heteroatoms. The minimum absolute atomic E-state index is 0.0760. The van der Waals surface area contributed by atoms with E-state index in [1.165, 1.54) is 16.2 Å². The van der Waals surface area contributed by atoms with Crippen molar-refractivity contribution in [3.8, 4) is 16.3 Å². The van der Waals surface area contributed by atoms with Crippen LogP contribution in [0.3, 0.4) is 0 Å². The summed E-state index contributed by atoms with van der Waals surface area (Å²) in [6, 6.07) is 6.42. The smallest absolute Gasteiger partial charge is 0.317 e. The Morgan fingerprint density at radius 3 is 2.35 bits per heavy atom. The molecule has 0 unspecified atom stereocenters. The van der Waals surface area contributed by atoms with Crippen molar-refractivity contribution < 1.29 is 14.3 Å². The van der Waals surface area contributed by atoms with Gasteiger partial charge in [-0.1, -0.05) is 25.2 Å². The highest BCUT2D eigenvalue weighted by molar-refractivity contribution is 7.18. The zero-order chi connectivity index (χ0) is 19.3. The number of aromatic nitrogens is 2. The van der Waals surface area contributed by atoms with E-state index in [9.17, 15) is 9.59 Å². The van der Waals surface area contributed by atoms with Gasteiger partial charge in [0.1, 0.15) is 16.8 Å². The van der Waals surface area contributed by atoms with Crippen molar-refractivity contribution in [2.75, 3.05) is 26.5 Å². The SMILES string of the molecule is COc1ccc(-c2nnc(NC(=O)[C@@H](NC(=O)N(C)C)C(C)C)s2)cc1.